The maximum atomic E-state index is 11.5. The summed E-state index contributed by atoms with van der Waals surface area (Å²) in [4.78, 5) is 20.5. The van der Waals surface area contributed by atoms with Crippen molar-refractivity contribution in [1.29, 1.82) is 0 Å². The van der Waals surface area contributed by atoms with Gasteiger partial charge < -0.3 is 10.6 Å². The van der Waals surface area contributed by atoms with Gasteiger partial charge in [-0.05, 0) is 6.92 Å². The first-order valence-corrected chi connectivity index (χ1v) is 3.98. The minimum atomic E-state index is -0.0949. The molecule has 1 aromatic heterocycles. The standard InChI is InChI=1S/C8H12N4O/c1-3-12(2)7(13)6-4-10-8(9)11-5-6/h4-5H,3H2,1-2H3,(H2,9,10,11). The molecule has 0 aliphatic heterocycles. The molecule has 2 N–H and O–H groups in total. The molecule has 1 heterocycles. The molecule has 0 radical (unpaired) electrons. The maximum absolute atomic E-state index is 11.5. The summed E-state index contributed by atoms with van der Waals surface area (Å²) >= 11 is 0. The molecular formula is C8H12N4O. The number of aromatic nitrogens is 2. The Labute approximate surface area is 76.6 Å². The van der Waals surface area contributed by atoms with Crippen LogP contribution in [-0.4, -0.2) is 34.4 Å². The van der Waals surface area contributed by atoms with Crippen molar-refractivity contribution in [2.75, 3.05) is 19.3 Å². The number of carbonyl (C=O) groups is 1. The molecule has 70 valence electrons. The van der Waals surface area contributed by atoms with Crippen LogP contribution in [0, 0.1) is 0 Å². The monoisotopic (exact) mass is 180 g/mol. The summed E-state index contributed by atoms with van der Waals surface area (Å²) in [5.41, 5.74) is 5.75. The topological polar surface area (TPSA) is 72.1 Å². The van der Waals surface area contributed by atoms with Gasteiger partial charge >= 0.3 is 0 Å². The van der Waals surface area contributed by atoms with Gasteiger partial charge in [-0.15, -0.1) is 0 Å². The van der Waals surface area contributed by atoms with Gasteiger partial charge in [-0.3, -0.25) is 4.79 Å². The summed E-state index contributed by atoms with van der Waals surface area (Å²) in [5, 5.41) is 0. The molecule has 0 aromatic carbocycles. The fourth-order valence-corrected chi connectivity index (χ4v) is 0.812. The first kappa shape index (κ1) is 9.44. The number of anilines is 1. The molecule has 5 heteroatoms. The molecule has 0 saturated carbocycles. The smallest absolute Gasteiger partial charge is 0.256 e. The van der Waals surface area contributed by atoms with Gasteiger partial charge in [0.2, 0.25) is 5.95 Å². The van der Waals surface area contributed by atoms with Crippen molar-refractivity contribution in [2.45, 2.75) is 6.92 Å². The summed E-state index contributed by atoms with van der Waals surface area (Å²) in [7, 11) is 1.72. The lowest BCUT2D eigenvalue weighted by atomic mass is 10.3. The van der Waals surface area contributed by atoms with Gasteiger partial charge in [-0.1, -0.05) is 0 Å². The summed E-state index contributed by atoms with van der Waals surface area (Å²) in [6.07, 6.45) is 2.85. The molecule has 0 aliphatic rings. The molecule has 13 heavy (non-hydrogen) atoms. The number of carbonyl (C=O) groups excluding carboxylic acids is 1. The summed E-state index contributed by atoms with van der Waals surface area (Å²) < 4.78 is 0. The first-order valence-electron chi connectivity index (χ1n) is 3.98. The van der Waals surface area contributed by atoms with Crippen LogP contribution in [0.4, 0.5) is 5.95 Å². The zero-order valence-electron chi connectivity index (χ0n) is 7.69. The molecule has 0 spiro atoms. The number of hydrogen-bond acceptors (Lipinski definition) is 4. The Kier molecular flexibility index (Phi) is 2.79. The van der Waals surface area contributed by atoms with Crippen LogP contribution in [0.2, 0.25) is 0 Å². The quantitative estimate of drug-likeness (QED) is 0.703. The third-order valence-electron chi connectivity index (χ3n) is 1.74. The van der Waals surface area contributed by atoms with E-state index in [9.17, 15) is 4.79 Å². The Morgan fingerprint density at radius 3 is 2.54 bits per heavy atom. The van der Waals surface area contributed by atoms with Crippen LogP contribution in [-0.2, 0) is 0 Å². The maximum Gasteiger partial charge on any atom is 0.256 e. The highest BCUT2D eigenvalue weighted by molar-refractivity contribution is 5.93. The lowest BCUT2D eigenvalue weighted by molar-refractivity contribution is 0.0801. The lowest BCUT2D eigenvalue weighted by Gasteiger charge is -2.13. The molecule has 1 aromatic rings. The molecule has 0 saturated heterocycles. The van der Waals surface area contributed by atoms with Crippen LogP contribution in [0.15, 0.2) is 12.4 Å². The van der Waals surface area contributed by atoms with E-state index in [2.05, 4.69) is 9.97 Å². The van der Waals surface area contributed by atoms with Gasteiger partial charge in [0.05, 0.1) is 5.56 Å². The second-order valence-electron chi connectivity index (χ2n) is 2.65. The average Bonchev–Trinajstić information content (AvgIpc) is 2.17. The zero-order valence-corrected chi connectivity index (χ0v) is 7.69. The highest BCUT2D eigenvalue weighted by atomic mass is 16.2. The Morgan fingerprint density at radius 1 is 1.54 bits per heavy atom. The van der Waals surface area contributed by atoms with E-state index in [-0.39, 0.29) is 11.9 Å². The van der Waals surface area contributed by atoms with Crippen molar-refractivity contribution in [3.8, 4) is 0 Å². The fraction of sp³-hybridized carbons (Fsp3) is 0.375. The highest BCUT2D eigenvalue weighted by Crippen LogP contribution is 2.00. The lowest BCUT2D eigenvalue weighted by Crippen LogP contribution is -2.26. The predicted molar refractivity (Wildman–Crippen MR) is 49.1 cm³/mol. The average molecular weight is 180 g/mol. The third kappa shape index (κ3) is 2.14. The Bertz CT molecular complexity index is 296. The van der Waals surface area contributed by atoms with Crippen molar-refractivity contribution < 1.29 is 4.79 Å². The van der Waals surface area contributed by atoms with Gasteiger partial charge in [0.25, 0.3) is 5.91 Å². The van der Waals surface area contributed by atoms with Crippen molar-refractivity contribution in [2.24, 2.45) is 0 Å². The van der Waals surface area contributed by atoms with Crippen molar-refractivity contribution in [3.05, 3.63) is 18.0 Å². The minimum Gasteiger partial charge on any atom is -0.368 e. The SMILES string of the molecule is CCN(C)C(=O)c1cnc(N)nc1. The molecule has 5 nitrogen and oxygen atoms in total. The van der Waals surface area contributed by atoms with Gasteiger partial charge in [-0.25, -0.2) is 9.97 Å². The normalized spacial score (nSPS) is 9.69. The van der Waals surface area contributed by atoms with E-state index in [4.69, 9.17) is 5.73 Å². The second-order valence-corrected chi connectivity index (χ2v) is 2.65. The van der Waals surface area contributed by atoms with E-state index in [1.165, 1.54) is 12.4 Å². The van der Waals surface area contributed by atoms with Crippen LogP contribution in [0.1, 0.15) is 17.3 Å². The molecule has 0 fully saturated rings. The Hall–Kier alpha value is -1.65. The summed E-state index contributed by atoms with van der Waals surface area (Å²) in [5.74, 6) is 0.0817. The van der Waals surface area contributed by atoms with E-state index < -0.39 is 0 Å². The van der Waals surface area contributed by atoms with Gasteiger partial charge in [0, 0.05) is 26.0 Å². The van der Waals surface area contributed by atoms with Crippen LogP contribution in [0.5, 0.6) is 0 Å². The fourth-order valence-electron chi connectivity index (χ4n) is 0.812. The number of nitrogens with two attached hydrogens (primary N) is 1. The van der Waals surface area contributed by atoms with E-state index >= 15 is 0 Å². The Morgan fingerprint density at radius 2 is 2.08 bits per heavy atom. The predicted octanol–water partition coefficient (Wildman–Crippen LogP) is 0.151. The van der Waals surface area contributed by atoms with E-state index in [0.717, 1.165) is 0 Å². The van der Waals surface area contributed by atoms with Gasteiger partial charge in [0.15, 0.2) is 0 Å². The van der Waals surface area contributed by atoms with Gasteiger partial charge in [0.1, 0.15) is 0 Å². The van der Waals surface area contributed by atoms with E-state index in [1.54, 1.807) is 11.9 Å². The molecule has 0 bridgehead atoms. The number of rotatable bonds is 2. The Balaban J connectivity index is 2.83. The molecule has 1 amide bonds. The first-order chi connectivity index (χ1) is 6.15. The van der Waals surface area contributed by atoms with Crippen LogP contribution in [0.25, 0.3) is 0 Å². The summed E-state index contributed by atoms with van der Waals surface area (Å²) in [6, 6.07) is 0. The van der Waals surface area contributed by atoms with Gasteiger partial charge in [-0.2, -0.15) is 0 Å². The number of nitrogen functional groups attached to an aromatic ring is 1. The second kappa shape index (κ2) is 3.84. The number of nitrogens with zero attached hydrogens (tertiary/aromatic N) is 3. The van der Waals surface area contributed by atoms with Crippen molar-refractivity contribution >= 4 is 11.9 Å². The minimum absolute atomic E-state index is 0.0949. The van der Waals surface area contributed by atoms with Crippen LogP contribution < -0.4 is 5.73 Å². The van der Waals surface area contributed by atoms with Crippen LogP contribution in [0.3, 0.4) is 0 Å². The van der Waals surface area contributed by atoms with E-state index in [0.29, 0.717) is 12.1 Å². The molecular weight excluding hydrogens is 168 g/mol. The zero-order chi connectivity index (χ0) is 9.84. The molecule has 0 unspecified atom stereocenters. The highest BCUT2D eigenvalue weighted by Gasteiger charge is 2.09. The largest absolute Gasteiger partial charge is 0.368 e. The number of hydrogen-bond donors (Lipinski definition) is 1. The molecule has 1 rings (SSSR count). The van der Waals surface area contributed by atoms with Crippen LogP contribution >= 0.6 is 0 Å². The van der Waals surface area contributed by atoms with Crippen molar-refractivity contribution in [1.82, 2.24) is 14.9 Å². The summed E-state index contributed by atoms with van der Waals surface area (Å²) in [6.45, 7) is 2.55. The van der Waals surface area contributed by atoms with E-state index in [1.807, 2.05) is 6.92 Å². The van der Waals surface area contributed by atoms with Crippen molar-refractivity contribution in [3.63, 3.8) is 0 Å². The third-order valence-corrected chi connectivity index (χ3v) is 1.74. The number of amides is 1. The molecule has 0 aliphatic carbocycles. The molecule has 0 atom stereocenters.